The Morgan fingerprint density at radius 3 is 2.65 bits per heavy atom. The monoisotopic (exact) mass is 598 g/mol. The van der Waals surface area contributed by atoms with Crippen molar-refractivity contribution < 1.29 is 27.1 Å². The molecule has 2 N–H and O–H groups in total. The molecule has 7 rings (SSSR count). The minimum absolute atomic E-state index is 0.0399. The number of hydrogen-bond donors (Lipinski definition) is 2. The summed E-state index contributed by atoms with van der Waals surface area (Å²) < 4.78 is 44.0. The molecule has 1 aromatic heterocycles. The van der Waals surface area contributed by atoms with Gasteiger partial charge in [0.05, 0.1) is 5.25 Å². The number of carbonyl (C=O) groups is 1. The topological polar surface area (TPSA) is 144 Å². The highest BCUT2D eigenvalue weighted by Gasteiger charge is 2.36. The smallest absolute Gasteiger partial charge is 0.237 e. The highest BCUT2D eigenvalue weighted by Crippen LogP contribution is 2.41. The predicted molar refractivity (Wildman–Crippen MR) is 159 cm³/mol. The molecule has 10 nitrogen and oxygen atoms in total. The van der Waals surface area contributed by atoms with E-state index in [0.29, 0.717) is 61.6 Å². The van der Waals surface area contributed by atoms with Gasteiger partial charge >= 0.3 is 0 Å². The van der Waals surface area contributed by atoms with Crippen LogP contribution in [0.2, 0.25) is 0 Å². The van der Waals surface area contributed by atoms with Crippen molar-refractivity contribution in [3.63, 3.8) is 0 Å². The molecule has 11 heteroatoms. The minimum atomic E-state index is -3.56. The molecule has 3 aliphatic rings. The lowest BCUT2D eigenvalue weighted by molar-refractivity contribution is -0.119. The van der Waals surface area contributed by atoms with E-state index >= 15 is 0 Å². The summed E-state index contributed by atoms with van der Waals surface area (Å²) >= 11 is 0. The zero-order valence-electron chi connectivity index (χ0n) is 23.6. The number of oxazole rings is 1. The number of benzene rings is 3. The maximum atomic E-state index is 12.2. The first-order chi connectivity index (χ1) is 20.8. The van der Waals surface area contributed by atoms with Gasteiger partial charge in [0.1, 0.15) is 30.4 Å². The van der Waals surface area contributed by atoms with Crippen molar-refractivity contribution in [2.24, 2.45) is 0 Å². The van der Waals surface area contributed by atoms with Crippen molar-refractivity contribution in [2.75, 3.05) is 19.8 Å². The Hall–Kier alpha value is -4.40. The van der Waals surface area contributed by atoms with E-state index in [0.717, 1.165) is 51.3 Å². The molecule has 0 unspecified atom stereocenters. The Morgan fingerprint density at radius 1 is 1.07 bits per heavy atom. The highest BCUT2D eigenvalue weighted by atomic mass is 32.2. The number of aromatic nitrogens is 1. The van der Waals surface area contributed by atoms with Crippen LogP contribution in [0.1, 0.15) is 54.0 Å². The molecule has 0 spiro atoms. The molecule has 43 heavy (non-hydrogen) atoms. The Balaban J connectivity index is 1.14. The molecule has 1 atom stereocenters. The quantitative estimate of drug-likeness (QED) is 0.295. The van der Waals surface area contributed by atoms with Gasteiger partial charge in [0.15, 0.2) is 17.1 Å². The van der Waals surface area contributed by atoms with Gasteiger partial charge in [-0.3, -0.25) is 9.52 Å². The maximum Gasteiger partial charge on any atom is 0.237 e. The normalized spacial score (nSPS) is 17.4. The molecule has 0 bridgehead atoms. The zero-order chi connectivity index (χ0) is 29.7. The number of hydrogen-bond acceptors (Lipinski definition) is 9. The summed E-state index contributed by atoms with van der Waals surface area (Å²) in [5.41, 5.74) is 7.22. The van der Waals surface area contributed by atoms with Crippen LogP contribution in [0.3, 0.4) is 0 Å². The van der Waals surface area contributed by atoms with E-state index in [1.807, 2.05) is 49.4 Å². The summed E-state index contributed by atoms with van der Waals surface area (Å²) in [6.07, 6.45) is 2.68. The average molecular weight is 599 g/mol. The Bertz CT molecular complexity index is 1920. The van der Waals surface area contributed by atoms with Crippen molar-refractivity contribution in [1.29, 1.82) is 5.26 Å². The Kier molecular flexibility index (Phi) is 6.83. The van der Waals surface area contributed by atoms with Crippen molar-refractivity contribution in [2.45, 2.75) is 50.3 Å². The molecule has 3 aromatic carbocycles. The molecule has 220 valence electrons. The van der Waals surface area contributed by atoms with E-state index in [1.165, 1.54) is 0 Å². The van der Waals surface area contributed by atoms with E-state index < -0.39 is 21.2 Å². The number of nitrogens with zero attached hydrogens (tertiary/aromatic N) is 2. The third-order valence-electron chi connectivity index (χ3n) is 8.37. The number of sulfonamides is 1. The summed E-state index contributed by atoms with van der Waals surface area (Å²) in [6.45, 7) is 3.38. The molecular weight excluding hydrogens is 568 g/mol. The lowest BCUT2D eigenvalue weighted by Gasteiger charge is -2.19. The van der Waals surface area contributed by atoms with Crippen LogP contribution in [0, 0.1) is 18.3 Å². The summed E-state index contributed by atoms with van der Waals surface area (Å²) in [4.78, 5) is 17.0. The predicted octanol–water partition coefficient (Wildman–Crippen LogP) is 4.69. The van der Waals surface area contributed by atoms with Crippen molar-refractivity contribution in [1.82, 2.24) is 15.0 Å². The van der Waals surface area contributed by atoms with E-state index in [-0.39, 0.29) is 12.5 Å². The molecule has 2 heterocycles. The van der Waals surface area contributed by atoms with Gasteiger partial charge in [-0.1, -0.05) is 18.2 Å². The molecule has 1 fully saturated rings. The first-order valence-corrected chi connectivity index (χ1v) is 16.0. The van der Waals surface area contributed by atoms with Crippen LogP contribution < -0.4 is 19.5 Å². The summed E-state index contributed by atoms with van der Waals surface area (Å²) in [5, 5.41) is 13.1. The Labute approximate surface area is 249 Å². The molecule has 1 saturated carbocycles. The number of rotatable bonds is 8. The standard InChI is InChI=1S/C32H30N4O6S/c1-18-21(19-5-10-28-29(15-19)41-14-13-40-28)3-2-4-22(18)32-35-27-16-24-23(25(17-33)31(27)42-32)8-9-26(24)34-12-11-30(37)36-43(38,39)20-6-7-20/h2-5,10,15-16,20,26,34H,6-9,11-14H2,1H3,(H,36,37)/t26-/m1/s1. The summed E-state index contributed by atoms with van der Waals surface area (Å²) in [7, 11) is -3.56. The van der Waals surface area contributed by atoms with E-state index in [9.17, 15) is 18.5 Å². The number of fused-ring (bicyclic) bond motifs is 3. The third kappa shape index (κ3) is 5.11. The van der Waals surface area contributed by atoms with Gasteiger partial charge < -0.3 is 19.2 Å². The van der Waals surface area contributed by atoms with Gasteiger partial charge in [-0.05, 0) is 84.7 Å². The molecule has 0 saturated heterocycles. The third-order valence-corrected chi connectivity index (χ3v) is 10.2. The highest BCUT2D eigenvalue weighted by molar-refractivity contribution is 7.90. The number of nitrogens with one attached hydrogen (secondary N) is 2. The average Bonchev–Trinajstić information content (AvgIpc) is 3.68. The number of nitriles is 1. The lowest BCUT2D eigenvalue weighted by Crippen LogP contribution is -2.35. The van der Waals surface area contributed by atoms with Crippen LogP contribution in [-0.2, 0) is 21.2 Å². The fourth-order valence-electron chi connectivity index (χ4n) is 6.02. The fourth-order valence-corrected chi connectivity index (χ4v) is 7.36. The second-order valence-electron chi connectivity index (χ2n) is 11.2. The van der Waals surface area contributed by atoms with Crippen molar-refractivity contribution in [3.8, 4) is 40.1 Å². The first-order valence-electron chi connectivity index (χ1n) is 14.5. The zero-order valence-corrected chi connectivity index (χ0v) is 24.4. The van der Waals surface area contributed by atoms with Crippen molar-refractivity contribution >= 4 is 27.0 Å². The molecule has 0 radical (unpaired) electrons. The van der Waals surface area contributed by atoms with Gasteiger partial charge in [0.25, 0.3) is 0 Å². The molecule has 1 amide bonds. The van der Waals surface area contributed by atoms with Gasteiger partial charge in [-0.25, -0.2) is 13.4 Å². The second-order valence-corrected chi connectivity index (χ2v) is 13.2. The number of amides is 1. The van der Waals surface area contributed by atoms with Crippen molar-refractivity contribution in [3.05, 3.63) is 64.7 Å². The molecule has 4 aromatic rings. The van der Waals surface area contributed by atoms with Crippen LogP contribution >= 0.6 is 0 Å². The van der Waals surface area contributed by atoms with Crippen LogP contribution in [0.15, 0.2) is 46.9 Å². The fraction of sp³-hybridized carbons (Fsp3) is 0.344. The van der Waals surface area contributed by atoms with Crippen LogP contribution in [0.25, 0.3) is 33.7 Å². The second kappa shape index (κ2) is 10.7. The molecule has 1 aliphatic heterocycles. The summed E-state index contributed by atoms with van der Waals surface area (Å²) in [5.74, 6) is 1.37. The van der Waals surface area contributed by atoms with Crippen LogP contribution in [0.4, 0.5) is 0 Å². The largest absolute Gasteiger partial charge is 0.486 e. The van der Waals surface area contributed by atoms with Gasteiger partial charge in [0.2, 0.25) is 21.8 Å². The minimum Gasteiger partial charge on any atom is -0.486 e. The SMILES string of the molecule is Cc1c(-c2ccc3c(c2)OCCO3)cccc1-c1nc2cc3c(c(C#N)c2o1)CC[C@H]3NCCC(=O)NS(=O)(=O)C1CC1. The van der Waals surface area contributed by atoms with Gasteiger partial charge in [0, 0.05) is 24.6 Å². The van der Waals surface area contributed by atoms with Crippen LogP contribution in [0.5, 0.6) is 11.5 Å². The van der Waals surface area contributed by atoms with E-state index in [4.69, 9.17) is 18.9 Å². The number of carbonyl (C=O) groups excluding carboxylic acids is 1. The molecular formula is C32H30N4O6S. The number of ether oxygens (including phenoxy) is 2. The van der Waals surface area contributed by atoms with Gasteiger partial charge in [-0.15, -0.1) is 0 Å². The van der Waals surface area contributed by atoms with Crippen LogP contribution in [-0.4, -0.2) is 44.3 Å². The first kappa shape index (κ1) is 27.4. The maximum absolute atomic E-state index is 12.2. The lowest BCUT2D eigenvalue weighted by atomic mass is 9.96. The van der Waals surface area contributed by atoms with Gasteiger partial charge in [-0.2, -0.15) is 5.26 Å². The molecule has 2 aliphatic carbocycles. The Morgan fingerprint density at radius 2 is 1.86 bits per heavy atom. The summed E-state index contributed by atoms with van der Waals surface area (Å²) in [6, 6.07) is 16.1. The van der Waals surface area contributed by atoms with E-state index in [2.05, 4.69) is 16.1 Å². The van der Waals surface area contributed by atoms with E-state index in [1.54, 1.807) is 0 Å².